The Kier molecular flexibility index (Phi) is 5.89. The molecule has 4 rings (SSSR count). The molecule has 1 aliphatic heterocycles. The molecule has 1 aromatic carbocycles. The maximum Gasteiger partial charge on any atom is 0.295 e. The van der Waals surface area contributed by atoms with Crippen molar-refractivity contribution >= 4 is 40.4 Å². The van der Waals surface area contributed by atoms with Crippen molar-refractivity contribution in [3.63, 3.8) is 0 Å². The van der Waals surface area contributed by atoms with Gasteiger partial charge in [-0.05, 0) is 55.0 Å². The summed E-state index contributed by atoms with van der Waals surface area (Å²) in [6.45, 7) is 1.97. The molecule has 1 saturated heterocycles. The number of ketones is 1. The van der Waals surface area contributed by atoms with Gasteiger partial charge in [-0.3, -0.25) is 9.59 Å². The van der Waals surface area contributed by atoms with Gasteiger partial charge in [-0.15, -0.1) is 11.3 Å². The van der Waals surface area contributed by atoms with E-state index < -0.39 is 17.7 Å². The van der Waals surface area contributed by atoms with Crippen LogP contribution in [-0.2, 0) is 9.59 Å². The van der Waals surface area contributed by atoms with E-state index in [0.717, 1.165) is 42.5 Å². The number of carbonyl (C=O) groups excluding carboxylic acids is 2. The van der Waals surface area contributed by atoms with Crippen molar-refractivity contribution in [1.29, 1.82) is 0 Å². The monoisotopic (exact) mass is 445 g/mol. The normalized spacial score (nSPS) is 22.0. The number of aryl methyl sites for hydroxylation is 1. The number of hydrogen-bond donors (Lipinski definition) is 1. The third-order valence-electron chi connectivity index (χ3n) is 6.02. The van der Waals surface area contributed by atoms with Gasteiger partial charge in [0.1, 0.15) is 17.6 Å². The highest BCUT2D eigenvalue weighted by atomic mass is 35.5. The number of Topliss-reactive ketones (excluding diaryl/α,β-unsaturated/α-hetero) is 1. The lowest BCUT2D eigenvalue weighted by atomic mass is 9.92. The third kappa shape index (κ3) is 3.52. The second-order valence-corrected chi connectivity index (χ2v) is 9.17. The van der Waals surface area contributed by atoms with Crippen molar-refractivity contribution in [1.82, 2.24) is 4.90 Å². The Balaban J connectivity index is 1.88. The minimum absolute atomic E-state index is 0.00625. The Bertz CT molecular complexity index is 1020. The first kappa shape index (κ1) is 20.9. The molecule has 1 saturated carbocycles. The molecule has 1 N–H and O–H groups in total. The molecule has 0 spiro atoms. The molecule has 2 aliphatic rings. The number of amides is 1. The fourth-order valence-electron chi connectivity index (χ4n) is 4.47. The van der Waals surface area contributed by atoms with Crippen LogP contribution in [0.5, 0.6) is 5.75 Å². The zero-order chi connectivity index (χ0) is 21.4. The van der Waals surface area contributed by atoms with Gasteiger partial charge in [0.25, 0.3) is 11.7 Å². The number of aliphatic hydroxyl groups is 1. The second-order valence-electron chi connectivity index (χ2n) is 7.82. The second kappa shape index (κ2) is 8.44. The van der Waals surface area contributed by atoms with Crippen molar-refractivity contribution in [2.45, 2.75) is 51.1 Å². The van der Waals surface area contributed by atoms with E-state index in [4.69, 9.17) is 16.3 Å². The van der Waals surface area contributed by atoms with Crippen LogP contribution in [0.25, 0.3) is 5.76 Å². The van der Waals surface area contributed by atoms with Gasteiger partial charge >= 0.3 is 0 Å². The van der Waals surface area contributed by atoms with Gasteiger partial charge in [-0.1, -0.05) is 30.9 Å². The Morgan fingerprint density at radius 2 is 1.93 bits per heavy atom. The quantitative estimate of drug-likeness (QED) is 0.384. The molecule has 7 heteroatoms. The van der Waals surface area contributed by atoms with Gasteiger partial charge in [0.05, 0.1) is 17.7 Å². The summed E-state index contributed by atoms with van der Waals surface area (Å²) in [7, 11) is 1.49. The Morgan fingerprint density at radius 3 is 2.57 bits per heavy atom. The number of rotatable bonds is 4. The van der Waals surface area contributed by atoms with Crippen molar-refractivity contribution in [2.75, 3.05) is 7.11 Å². The number of benzene rings is 1. The molecule has 1 aromatic heterocycles. The summed E-state index contributed by atoms with van der Waals surface area (Å²) in [5.41, 5.74) is 1.55. The molecule has 2 aromatic rings. The van der Waals surface area contributed by atoms with Crippen molar-refractivity contribution in [3.8, 4) is 5.75 Å². The first-order chi connectivity index (χ1) is 14.4. The summed E-state index contributed by atoms with van der Waals surface area (Å²) in [6.07, 6.45) is 4.98. The minimum atomic E-state index is -0.634. The molecule has 5 nitrogen and oxygen atoms in total. The van der Waals surface area contributed by atoms with E-state index in [2.05, 4.69) is 0 Å². The van der Waals surface area contributed by atoms with Crippen molar-refractivity contribution in [2.24, 2.45) is 0 Å². The van der Waals surface area contributed by atoms with Crippen LogP contribution < -0.4 is 4.74 Å². The van der Waals surface area contributed by atoms with Gasteiger partial charge in [0.15, 0.2) is 0 Å². The van der Waals surface area contributed by atoms with Crippen molar-refractivity contribution < 1.29 is 19.4 Å². The number of halogens is 1. The number of nitrogens with zero attached hydrogens (tertiary/aromatic N) is 1. The fourth-order valence-corrected chi connectivity index (χ4v) is 5.70. The standard InChI is InChI=1S/C23H24ClNO4S/c1-13-10-11-30-22(13)19-18(20(26)14-8-9-16(24)17(12-14)29-2)21(27)23(28)25(19)15-6-4-3-5-7-15/h8-12,15,19,26H,3-7H2,1-2H3/b20-18-. The van der Waals surface area contributed by atoms with E-state index in [1.165, 1.54) is 18.4 Å². The van der Waals surface area contributed by atoms with Crippen LogP contribution in [0, 0.1) is 6.92 Å². The lowest BCUT2D eigenvalue weighted by Crippen LogP contribution is -2.40. The SMILES string of the molecule is COc1cc(/C(O)=C2/C(=O)C(=O)N(C3CCCCC3)C2c2sccc2C)ccc1Cl. The number of likely N-dealkylation sites (tertiary alicyclic amines) is 1. The molecule has 2 heterocycles. The lowest BCUT2D eigenvalue weighted by Gasteiger charge is -2.35. The summed E-state index contributed by atoms with van der Waals surface area (Å²) in [5, 5.41) is 13.5. The summed E-state index contributed by atoms with van der Waals surface area (Å²) >= 11 is 7.63. The van der Waals surface area contributed by atoms with Crippen molar-refractivity contribution in [3.05, 3.63) is 56.2 Å². The highest BCUT2D eigenvalue weighted by Crippen LogP contribution is 2.45. The molecular formula is C23H24ClNO4S. The van der Waals surface area contributed by atoms with Gasteiger partial charge in [0, 0.05) is 16.5 Å². The van der Waals surface area contributed by atoms with Crippen LogP contribution in [-0.4, -0.2) is 34.8 Å². The van der Waals surface area contributed by atoms with Gasteiger partial charge in [0.2, 0.25) is 0 Å². The Morgan fingerprint density at radius 1 is 1.20 bits per heavy atom. The summed E-state index contributed by atoms with van der Waals surface area (Å²) in [6, 6.07) is 6.24. The van der Waals surface area contributed by atoms with Gasteiger partial charge < -0.3 is 14.7 Å². The lowest BCUT2D eigenvalue weighted by molar-refractivity contribution is -0.141. The molecule has 1 amide bonds. The molecule has 30 heavy (non-hydrogen) atoms. The summed E-state index contributed by atoms with van der Waals surface area (Å²) < 4.78 is 5.26. The molecular weight excluding hydrogens is 422 g/mol. The van der Waals surface area contributed by atoms with Crippen LogP contribution >= 0.6 is 22.9 Å². The van der Waals surface area contributed by atoms with Crippen LogP contribution in [0.4, 0.5) is 0 Å². The maximum atomic E-state index is 13.1. The van der Waals surface area contributed by atoms with Crippen LogP contribution in [0.3, 0.4) is 0 Å². The summed E-state index contributed by atoms with van der Waals surface area (Å²) in [4.78, 5) is 28.9. The number of ether oxygens (including phenoxy) is 1. The highest BCUT2D eigenvalue weighted by Gasteiger charge is 2.49. The van der Waals surface area contributed by atoms with Gasteiger partial charge in [-0.25, -0.2) is 0 Å². The zero-order valence-electron chi connectivity index (χ0n) is 17.0. The summed E-state index contributed by atoms with van der Waals surface area (Å²) in [5.74, 6) is -0.961. The largest absolute Gasteiger partial charge is 0.507 e. The van der Waals surface area contributed by atoms with E-state index in [0.29, 0.717) is 16.3 Å². The number of hydrogen-bond acceptors (Lipinski definition) is 5. The van der Waals surface area contributed by atoms with E-state index in [1.807, 2.05) is 18.4 Å². The zero-order valence-corrected chi connectivity index (χ0v) is 18.6. The number of methoxy groups -OCH3 is 1. The number of aliphatic hydroxyl groups excluding tert-OH is 1. The molecule has 158 valence electrons. The average molecular weight is 446 g/mol. The first-order valence-electron chi connectivity index (χ1n) is 10.1. The number of thiophene rings is 1. The first-order valence-corrected chi connectivity index (χ1v) is 11.4. The van der Waals surface area contributed by atoms with Crippen LogP contribution in [0.15, 0.2) is 35.2 Å². The molecule has 1 atom stereocenters. The molecule has 0 radical (unpaired) electrons. The molecule has 0 bridgehead atoms. The predicted molar refractivity (Wildman–Crippen MR) is 118 cm³/mol. The Labute approximate surface area is 184 Å². The van der Waals surface area contributed by atoms with Crippen LogP contribution in [0.1, 0.15) is 54.1 Å². The predicted octanol–water partition coefficient (Wildman–Crippen LogP) is 5.47. The maximum absolute atomic E-state index is 13.1. The van der Waals surface area contributed by atoms with Gasteiger partial charge in [-0.2, -0.15) is 0 Å². The third-order valence-corrected chi connectivity index (χ3v) is 7.41. The smallest absolute Gasteiger partial charge is 0.295 e. The Hall–Kier alpha value is -2.31. The topological polar surface area (TPSA) is 66.8 Å². The average Bonchev–Trinajstić information content (AvgIpc) is 3.29. The van der Waals surface area contributed by atoms with E-state index in [1.54, 1.807) is 23.1 Å². The molecule has 1 aliphatic carbocycles. The van der Waals surface area contributed by atoms with E-state index in [9.17, 15) is 14.7 Å². The van der Waals surface area contributed by atoms with Crippen LogP contribution in [0.2, 0.25) is 5.02 Å². The number of carbonyl (C=O) groups is 2. The molecule has 2 fully saturated rings. The van der Waals surface area contributed by atoms with E-state index in [-0.39, 0.29) is 17.4 Å². The highest BCUT2D eigenvalue weighted by molar-refractivity contribution is 7.10. The molecule has 1 unspecified atom stereocenters. The van der Waals surface area contributed by atoms with E-state index >= 15 is 0 Å². The minimum Gasteiger partial charge on any atom is -0.507 e. The fraction of sp³-hybridized carbons (Fsp3) is 0.391.